The van der Waals surface area contributed by atoms with Crippen LogP contribution < -0.4 is 10.8 Å². The Morgan fingerprint density at radius 3 is 2.24 bits per heavy atom. The number of carboxylic acid groups (broad SMARTS) is 1. The molecular formula is C25H28N2O6. The van der Waals surface area contributed by atoms with Crippen molar-refractivity contribution in [2.45, 2.75) is 50.7 Å². The number of fused-ring (bicyclic) bond motifs is 3. The first-order valence-corrected chi connectivity index (χ1v) is 11.3. The predicted molar refractivity (Wildman–Crippen MR) is 120 cm³/mol. The van der Waals surface area contributed by atoms with E-state index in [2.05, 4.69) is 35.1 Å². The molecule has 0 saturated heterocycles. The second-order valence-electron chi connectivity index (χ2n) is 8.53. The third-order valence-electron chi connectivity index (χ3n) is 6.43. The summed E-state index contributed by atoms with van der Waals surface area (Å²) in [6.45, 7) is 1.53. The summed E-state index contributed by atoms with van der Waals surface area (Å²) in [5.74, 6) is -2.17. The van der Waals surface area contributed by atoms with Crippen LogP contribution >= 0.6 is 0 Å². The number of carbonyl (C=O) groups excluding carboxylic acids is 2. The van der Waals surface area contributed by atoms with E-state index in [0.717, 1.165) is 35.1 Å². The summed E-state index contributed by atoms with van der Waals surface area (Å²) >= 11 is 0. The van der Waals surface area contributed by atoms with Crippen molar-refractivity contribution in [3.05, 3.63) is 59.7 Å². The Balaban J connectivity index is 1.36. The number of ether oxygens (including phenoxy) is 1. The molecule has 0 radical (unpaired) electrons. The van der Waals surface area contributed by atoms with Crippen LogP contribution in [0.15, 0.2) is 48.5 Å². The maximum absolute atomic E-state index is 12.6. The molecule has 2 aromatic carbocycles. The molecule has 1 fully saturated rings. The zero-order chi connectivity index (χ0) is 23.4. The van der Waals surface area contributed by atoms with E-state index in [1.165, 1.54) is 6.92 Å². The molecule has 0 aliphatic heterocycles. The molecule has 1 saturated carbocycles. The van der Waals surface area contributed by atoms with Gasteiger partial charge in [-0.25, -0.2) is 15.1 Å². The van der Waals surface area contributed by atoms with Gasteiger partial charge >= 0.3 is 12.1 Å². The highest BCUT2D eigenvalue weighted by Gasteiger charge is 2.34. The average Bonchev–Trinajstić information content (AvgIpc) is 3.15. The van der Waals surface area contributed by atoms with Crippen molar-refractivity contribution in [1.29, 1.82) is 0 Å². The fourth-order valence-electron chi connectivity index (χ4n) is 4.68. The van der Waals surface area contributed by atoms with Gasteiger partial charge < -0.3 is 15.2 Å². The van der Waals surface area contributed by atoms with Crippen LogP contribution in [0.3, 0.4) is 0 Å². The van der Waals surface area contributed by atoms with Crippen molar-refractivity contribution >= 4 is 18.0 Å². The van der Waals surface area contributed by atoms with Gasteiger partial charge in [-0.15, -0.1) is 0 Å². The van der Waals surface area contributed by atoms with Crippen molar-refractivity contribution in [2.24, 2.45) is 5.92 Å². The number of carboxylic acids is 1. The molecule has 2 aliphatic rings. The minimum Gasteiger partial charge on any atom is -0.479 e. The summed E-state index contributed by atoms with van der Waals surface area (Å²) in [6, 6.07) is 15.8. The third-order valence-corrected chi connectivity index (χ3v) is 6.43. The summed E-state index contributed by atoms with van der Waals surface area (Å²) < 4.78 is 5.61. The fourth-order valence-corrected chi connectivity index (χ4v) is 4.68. The van der Waals surface area contributed by atoms with Crippen molar-refractivity contribution in [1.82, 2.24) is 10.8 Å². The van der Waals surface area contributed by atoms with E-state index in [0.29, 0.717) is 12.8 Å². The van der Waals surface area contributed by atoms with E-state index in [4.69, 9.17) is 14.7 Å². The molecule has 2 aliphatic carbocycles. The topological polar surface area (TPSA) is 114 Å². The molecule has 8 nitrogen and oxygen atoms in total. The number of amides is 2. The van der Waals surface area contributed by atoms with Crippen molar-refractivity contribution in [3.8, 4) is 11.1 Å². The van der Waals surface area contributed by atoms with E-state index < -0.39 is 36.0 Å². The summed E-state index contributed by atoms with van der Waals surface area (Å²) in [4.78, 5) is 41.0. The van der Waals surface area contributed by atoms with Crippen LogP contribution in [-0.2, 0) is 19.2 Å². The molecule has 174 valence electrons. The van der Waals surface area contributed by atoms with Gasteiger partial charge in [0, 0.05) is 12.0 Å². The second kappa shape index (κ2) is 10.0. The molecule has 3 atom stereocenters. The lowest BCUT2D eigenvalue weighted by Gasteiger charge is -2.31. The Bertz CT molecular complexity index is 994. The van der Waals surface area contributed by atoms with Gasteiger partial charge in [-0.2, -0.15) is 0 Å². The van der Waals surface area contributed by atoms with Crippen LogP contribution in [0, 0.1) is 5.92 Å². The number of hydrogen-bond acceptors (Lipinski definition) is 5. The number of rotatable bonds is 7. The van der Waals surface area contributed by atoms with Crippen LogP contribution in [0.5, 0.6) is 0 Å². The van der Waals surface area contributed by atoms with E-state index in [1.54, 1.807) is 0 Å². The Morgan fingerprint density at radius 1 is 1.00 bits per heavy atom. The van der Waals surface area contributed by atoms with Gasteiger partial charge in [0.25, 0.3) is 0 Å². The SMILES string of the molecule is CC(ONC(=O)[C@@H]1CCCC[C@@H]1NC(=O)OCC1c2ccccc2-c2ccccc21)C(=O)O. The van der Waals surface area contributed by atoms with Crippen LogP contribution in [0.25, 0.3) is 11.1 Å². The highest BCUT2D eigenvalue weighted by Crippen LogP contribution is 2.44. The number of alkyl carbamates (subject to hydrolysis) is 1. The highest BCUT2D eigenvalue weighted by molar-refractivity contribution is 5.81. The second-order valence-corrected chi connectivity index (χ2v) is 8.53. The third kappa shape index (κ3) is 5.01. The molecule has 8 heteroatoms. The number of carbonyl (C=O) groups is 3. The zero-order valence-corrected chi connectivity index (χ0v) is 18.5. The van der Waals surface area contributed by atoms with Crippen molar-refractivity contribution in [2.75, 3.05) is 6.61 Å². The molecule has 0 spiro atoms. The first-order valence-electron chi connectivity index (χ1n) is 11.3. The molecular weight excluding hydrogens is 424 g/mol. The summed E-state index contributed by atoms with van der Waals surface area (Å²) in [6.07, 6.45) is 1.20. The molecule has 4 rings (SSSR count). The van der Waals surface area contributed by atoms with Gasteiger partial charge in [0.1, 0.15) is 6.61 Å². The van der Waals surface area contributed by atoms with E-state index >= 15 is 0 Å². The van der Waals surface area contributed by atoms with Gasteiger partial charge in [-0.3, -0.25) is 9.63 Å². The van der Waals surface area contributed by atoms with E-state index in [9.17, 15) is 14.4 Å². The maximum atomic E-state index is 12.6. The number of nitrogens with one attached hydrogen (secondary N) is 2. The lowest BCUT2D eigenvalue weighted by molar-refractivity contribution is -0.160. The smallest absolute Gasteiger partial charge is 0.407 e. The minimum atomic E-state index is -1.17. The molecule has 0 heterocycles. The lowest BCUT2D eigenvalue weighted by atomic mass is 9.84. The van der Waals surface area contributed by atoms with Crippen LogP contribution in [0.1, 0.15) is 49.7 Å². The zero-order valence-electron chi connectivity index (χ0n) is 18.5. The summed E-state index contributed by atoms with van der Waals surface area (Å²) in [7, 11) is 0. The monoisotopic (exact) mass is 452 g/mol. The van der Waals surface area contributed by atoms with Gasteiger partial charge in [-0.05, 0) is 42.0 Å². The Labute approximate surface area is 192 Å². The molecule has 2 aromatic rings. The Hall–Kier alpha value is -3.39. The summed E-state index contributed by atoms with van der Waals surface area (Å²) in [5.41, 5.74) is 6.79. The summed E-state index contributed by atoms with van der Waals surface area (Å²) in [5, 5.41) is 11.7. The number of hydrogen-bond donors (Lipinski definition) is 3. The quantitative estimate of drug-likeness (QED) is 0.553. The Morgan fingerprint density at radius 2 is 1.61 bits per heavy atom. The molecule has 0 bridgehead atoms. The van der Waals surface area contributed by atoms with Crippen LogP contribution in [0.4, 0.5) is 4.79 Å². The van der Waals surface area contributed by atoms with Gasteiger partial charge in [0.05, 0.1) is 5.92 Å². The molecule has 3 N–H and O–H groups in total. The predicted octanol–water partition coefficient (Wildman–Crippen LogP) is 3.60. The molecule has 33 heavy (non-hydrogen) atoms. The molecule has 0 aromatic heterocycles. The Kier molecular flexibility index (Phi) is 6.93. The number of aliphatic carboxylic acids is 1. The van der Waals surface area contributed by atoms with Crippen molar-refractivity contribution in [3.63, 3.8) is 0 Å². The average molecular weight is 453 g/mol. The van der Waals surface area contributed by atoms with Crippen LogP contribution in [0.2, 0.25) is 0 Å². The largest absolute Gasteiger partial charge is 0.479 e. The maximum Gasteiger partial charge on any atom is 0.407 e. The number of hydroxylamine groups is 1. The normalized spacial score (nSPS) is 20.3. The van der Waals surface area contributed by atoms with Gasteiger partial charge in [-0.1, -0.05) is 61.4 Å². The highest BCUT2D eigenvalue weighted by atomic mass is 16.7. The van der Waals surface area contributed by atoms with Gasteiger partial charge in [0.2, 0.25) is 5.91 Å². The van der Waals surface area contributed by atoms with E-state index in [-0.39, 0.29) is 12.5 Å². The van der Waals surface area contributed by atoms with Gasteiger partial charge in [0.15, 0.2) is 6.10 Å². The first kappa shape index (κ1) is 22.8. The minimum absolute atomic E-state index is 0.0421. The molecule has 1 unspecified atom stereocenters. The van der Waals surface area contributed by atoms with Crippen LogP contribution in [-0.4, -0.2) is 41.8 Å². The lowest BCUT2D eigenvalue weighted by Crippen LogP contribution is -2.49. The molecule has 2 amide bonds. The van der Waals surface area contributed by atoms with Crippen molar-refractivity contribution < 1.29 is 29.1 Å². The van der Waals surface area contributed by atoms with E-state index in [1.807, 2.05) is 24.3 Å². The first-order chi connectivity index (χ1) is 16.0. The standard InChI is InChI=1S/C25H28N2O6/c1-15(24(29)30)33-27-23(28)20-12-6-7-13-22(20)26-25(31)32-14-21-18-10-4-2-8-16(18)17-9-3-5-11-19(17)21/h2-5,8-11,15,20-22H,6-7,12-14H2,1H3,(H,26,31)(H,27,28)(H,29,30)/t15?,20-,22+/m1/s1. The number of benzene rings is 2. The fraction of sp³-hybridized carbons (Fsp3) is 0.400.